The van der Waals surface area contributed by atoms with Gasteiger partial charge in [-0.05, 0) is 42.3 Å². The molecule has 26 heavy (non-hydrogen) atoms. The van der Waals surface area contributed by atoms with Gasteiger partial charge < -0.3 is 4.57 Å². The summed E-state index contributed by atoms with van der Waals surface area (Å²) in [6.45, 7) is 2.23. The Morgan fingerprint density at radius 2 is 1.81 bits per heavy atom. The van der Waals surface area contributed by atoms with Gasteiger partial charge >= 0.3 is 6.18 Å². The van der Waals surface area contributed by atoms with Crippen LogP contribution in [0.1, 0.15) is 16.8 Å². The predicted molar refractivity (Wildman–Crippen MR) is 94.5 cm³/mol. The number of aromatic nitrogens is 1. The maximum Gasteiger partial charge on any atom is 0.416 e. The molecule has 0 aliphatic heterocycles. The first-order chi connectivity index (χ1) is 12.3. The molecule has 0 saturated heterocycles. The van der Waals surface area contributed by atoms with Crippen molar-refractivity contribution < 1.29 is 17.6 Å². The van der Waals surface area contributed by atoms with E-state index in [1.165, 1.54) is 29.5 Å². The van der Waals surface area contributed by atoms with Crippen LogP contribution < -0.4 is 4.80 Å². The van der Waals surface area contributed by atoms with Gasteiger partial charge in [0.2, 0.25) is 0 Å². The summed E-state index contributed by atoms with van der Waals surface area (Å²) in [5.74, 6) is -0.330. The van der Waals surface area contributed by atoms with E-state index >= 15 is 0 Å². The smallest absolute Gasteiger partial charge is 0.316 e. The molecule has 0 atom stereocenters. The van der Waals surface area contributed by atoms with Crippen LogP contribution in [0.5, 0.6) is 0 Å². The van der Waals surface area contributed by atoms with Gasteiger partial charge in [-0.3, -0.25) is 4.99 Å². The van der Waals surface area contributed by atoms with Gasteiger partial charge in [0.1, 0.15) is 5.82 Å². The van der Waals surface area contributed by atoms with Crippen molar-refractivity contribution in [1.29, 1.82) is 0 Å². The zero-order valence-corrected chi connectivity index (χ0v) is 15.0. The molecule has 1 heterocycles. The Morgan fingerprint density at radius 3 is 2.46 bits per heavy atom. The molecule has 7 heteroatoms. The topological polar surface area (TPSA) is 17.3 Å². The number of hydrogen-bond acceptors (Lipinski definition) is 2. The van der Waals surface area contributed by atoms with Crippen LogP contribution in [0.25, 0.3) is 10.4 Å². The largest absolute Gasteiger partial charge is 0.416 e. The molecule has 0 aliphatic rings. The minimum absolute atomic E-state index is 0.330. The minimum atomic E-state index is -4.39. The highest BCUT2D eigenvalue weighted by molar-refractivity contribution is 7.13. The summed E-state index contributed by atoms with van der Waals surface area (Å²) in [4.78, 5) is 5.61. The van der Waals surface area contributed by atoms with E-state index in [0.29, 0.717) is 21.8 Å². The molecule has 0 radical (unpaired) electrons. The van der Waals surface area contributed by atoms with Crippen LogP contribution in [0, 0.1) is 12.7 Å². The maximum atomic E-state index is 13.4. The third-order valence-electron chi connectivity index (χ3n) is 4.03. The lowest BCUT2D eigenvalue weighted by Crippen LogP contribution is -2.17. The summed E-state index contributed by atoms with van der Waals surface area (Å²) in [6.07, 6.45) is -4.39. The van der Waals surface area contributed by atoms with Crippen molar-refractivity contribution in [2.45, 2.75) is 19.6 Å². The third-order valence-corrected chi connectivity index (χ3v) is 5.35. The van der Waals surface area contributed by atoms with E-state index in [-0.39, 0.29) is 5.82 Å². The fourth-order valence-corrected chi connectivity index (χ4v) is 3.85. The normalized spacial score (nSPS) is 12.6. The first-order valence-corrected chi connectivity index (χ1v) is 8.66. The molecule has 0 spiro atoms. The summed E-state index contributed by atoms with van der Waals surface area (Å²) in [6, 6.07) is 11.5. The second-order valence-electron chi connectivity index (χ2n) is 5.82. The SMILES string of the molecule is CN=c1sc(-c2cccc(C(F)(F)F)c2)c(C)n1Cc1cccc(F)c1. The van der Waals surface area contributed by atoms with E-state index in [1.54, 1.807) is 25.2 Å². The maximum absolute atomic E-state index is 13.4. The van der Waals surface area contributed by atoms with Gasteiger partial charge in [0, 0.05) is 12.7 Å². The fourth-order valence-electron chi connectivity index (χ4n) is 2.76. The number of alkyl halides is 3. The molecule has 0 fully saturated rings. The molecule has 3 aromatic rings. The zero-order valence-electron chi connectivity index (χ0n) is 14.1. The second kappa shape index (κ2) is 7.07. The zero-order chi connectivity index (χ0) is 18.9. The summed E-state index contributed by atoms with van der Waals surface area (Å²) in [7, 11) is 1.63. The Kier molecular flexibility index (Phi) is 5.00. The Morgan fingerprint density at radius 1 is 1.08 bits per heavy atom. The summed E-state index contributed by atoms with van der Waals surface area (Å²) < 4.78 is 54.3. The van der Waals surface area contributed by atoms with Gasteiger partial charge in [-0.1, -0.05) is 35.6 Å². The summed E-state index contributed by atoms with van der Waals surface area (Å²) in [5, 5.41) is 0. The van der Waals surface area contributed by atoms with Crippen molar-refractivity contribution in [3.8, 4) is 10.4 Å². The Labute approximate surface area is 152 Å². The number of hydrogen-bond donors (Lipinski definition) is 0. The van der Waals surface area contributed by atoms with E-state index in [2.05, 4.69) is 4.99 Å². The molecule has 2 nitrogen and oxygen atoms in total. The summed E-state index contributed by atoms with van der Waals surface area (Å²) in [5.41, 5.74) is 1.36. The van der Waals surface area contributed by atoms with Gasteiger partial charge in [0.25, 0.3) is 0 Å². The van der Waals surface area contributed by atoms with Gasteiger partial charge in [0.15, 0.2) is 4.80 Å². The lowest BCUT2D eigenvalue weighted by atomic mass is 10.1. The van der Waals surface area contributed by atoms with Gasteiger partial charge in [-0.25, -0.2) is 4.39 Å². The van der Waals surface area contributed by atoms with E-state index in [9.17, 15) is 17.6 Å². The highest BCUT2D eigenvalue weighted by atomic mass is 32.1. The number of halogens is 4. The molecule has 0 unspecified atom stereocenters. The Bertz CT molecular complexity index is 999. The molecular formula is C19H16F4N2S. The van der Waals surface area contributed by atoms with Crippen LogP contribution in [0.2, 0.25) is 0 Å². The quantitative estimate of drug-likeness (QED) is 0.552. The van der Waals surface area contributed by atoms with Crippen molar-refractivity contribution >= 4 is 11.3 Å². The van der Waals surface area contributed by atoms with E-state index < -0.39 is 11.7 Å². The Balaban J connectivity index is 2.07. The van der Waals surface area contributed by atoms with E-state index in [1.807, 2.05) is 11.5 Å². The molecule has 2 aromatic carbocycles. The second-order valence-corrected chi connectivity index (χ2v) is 6.79. The first kappa shape index (κ1) is 18.4. The first-order valence-electron chi connectivity index (χ1n) is 7.84. The molecule has 3 rings (SSSR count). The average Bonchev–Trinajstić information content (AvgIpc) is 2.90. The van der Waals surface area contributed by atoms with Gasteiger partial charge in [0.05, 0.1) is 17.0 Å². The van der Waals surface area contributed by atoms with Crippen LogP contribution in [-0.4, -0.2) is 11.6 Å². The minimum Gasteiger partial charge on any atom is -0.316 e. The van der Waals surface area contributed by atoms with Crippen LogP contribution in [0.3, 0.4) is 0 Å². The van der Waals surface area contributed by atoms with Crippen molar-refractivity contribution in [1.82, 2.24) is 4.57 Å². The average molecular weight is 380 g/mol. The van der Waals surface area contributed by atoms with E-state index in [4.69, 9.17) is 0 Å². The van der Waals surface area contributed by atoms with Gasteiger partial charge in [-0.2, -0.15) is 13.2 Å². The number of benzene rings is 2. The van der Waals surface area contributed by atoms with E-state index in [0.717, 1.165) is 23.4 Å². The standard InChI is InChI=1S/C19H16F4N2S/c1-12-17(14-6-4-7-15(10-14)19(21,22)23)26-18(24-2)25(12)11-13-5-3-8-16(20)9-13/h3-10H,11H2,1-2H3. The Hall–Kier alpha value is -2.41. The van der Waals surface area contributed by atoms with Crippen LogP contribution >= 0.6 is 11.3 Å². The molecule has 0 amide bonds. The van der Waals surface area contributed by atoms with Crippen molar-refractivity contribution in [3.05, 3.63) is 76.0 Å². The van der Waals surface area contributed by atoms with Crippen molar-refractivity contribution in [2.75, 3.05) is 7.05 Å². The predicted octanol–water partition coefficient (Wildman–Crippen LogP) is 5.26. The molecular weight excluding hydrogens is 364 g/mol. The lowest BCUT2D eigenvalue weighted by Gasteiger charge is -2.10. The number of rotatable bonds is 3. The molecule has 0 aliphatic carbocycles. The number of thiazole rings is 1. The number of nitrogens with zero attached hydrogens (tertiary/aromatic N) is 2. The highest BCUT2D eigenvalue weighted by Crippen LogP contribution is 2.34. The van der Waals surface area contributed by atoms with Gasteiger partial charge in [-0.15, -0.1) is 0 Å². The van der Waals surface area contributed by atoms with Crippen molar-refractivity contribution in [3.63, 3.8) is 0 Å². The van der Waals surface area contributed by atoms with Crippen molar-refractivity contribution in [2.24, 2.45) is 4.99 Å². The third kappa shape index (κ3) is 3.72. The van der Waals surface area contributed by atoms with Crippen LogP contribution in [-0.2, 0) is 12.7 Å². The molecule has 136 valence electrons. The molecule has 1 aromatic heterocycles. The highest BCUT2D eigenvalue weighted by Gasteiger charge is 2.30. The monoisotopic (exact) mass is 380 g/mol. The molecule has 0 N–H and O–H groups in total. The van der Waals surface area contributed by atoms with Crippen LogP contribution in [0.4, 0.5) is 17.6 Å². The molecule has 0 saturated carbocycles. The van der Waals surface area contributed by atoms with Crippen LogP contribution in [0.15, 0.2) is 53.5 Å². The fraction of sp³-hybridized carbons (Fsp3) is 0.211. The lowest BCUT2D eigenvalue weighted by molar-refractivity contribution is -0.137. The molecule has 0 bridgehead atoms. The summed E-state index contributed by atoms with van der Waals surface area (Å²) >= 11 is 1.32.